The van der Waals surface area contributed by atoms with Gasteiger partial charge < -0.3 is 19.8 Å². The number of aromatic nitrogens is 1. The fraction of sp³-hybridized carbons (Fsp3) is 0.120. The molecule has 0 unspecified atom stereocenters. The van der Waals surface area contributed by atoms with E-state index in [9.17, 15) is 4.79 Å². The molecule has 0 atom stereocenters. The highest BCUT2D eigenvalue weighted by Gasteiger charge is 2.09. The van der Waals surface area contributed by atoms with Crippen molar-refractivity contribution in [2.24, 2.45) is 0 Å². The number of oxazole rings is 1. The van der Waals surface area contributed by atoms with Crippen molar-refractivity contribution in [1.82, 2.24) is 10.3 Å². The van der Waals surface area contributed by atoms with Gasteiger partial charge >= 0.3 is 6.03 Å². The number of hydrogen-bond donors (Lipinski definition) is 2. The van der Waals surface area contributed by atoms with E-state index in [0.717, 1.165) is 22.4 Å². The molecule has 2 amide bonds. The minimum atomic E-state index is -0.333. The molecule has 6 nitrogen and oxygen atoms in total. The molecule has 0 aliphatic heterocycles. The summed E-state index contributed by atoms with van der Waals surface area (Å²) in [6.45, 7) is 2.61. The highest BCUT2D eigenvalue weighted by Crippen LogP contribution is 2.22. The molecule has 0 bridgehead atoms. The first-order valence-electron chi connectivity index (χ1n) is 10.00. The Kier molecular flexibility index (Phi) is 6.28. The highest BCUT2D eigenvalue weighted by atomic mass is 16.5. The van der Waals surface area contributed by atoms with Crippen LogP contribution < -0.4 is 15.4 Å². The Morgan fingerprint density at radius 1 is 1.00 bits per heavy atom. The maximum Gasteiger partial charge on any atom is 0.319 e. The van der Waals surface area contributed by atoms with Crippen LogP contribution in [0.4, 0.5) is 10.5 Å². The average molecular weight is 413 g/mol. The molecule has 6 heteroatoms. The summed E-state index contributed by atoms with van der Waals surface area (Å²) in [6, 6.07) is 24.9. The number of aryl methyl sites for hydroxylation is 1. The monoisotopic (exact) mass is 413 g/mol. The highest BCUT2D eigenvalue weighted by molar-refractivity contribution is 5.90. The summed E-state index contributed by atoms with van der Waals surface area (Å²) in [5, 5.41) is 5.61. The maximum absolute atomic E-state index is 12.3. The minimum Gasteiger partial charge on any atom is -0.489 e. The van der Waals surface area contributed by atoms with Crippen molar-refractivity contribution in [3.05, 3.63) is 102 Å². The number of amides is 2. The Hall–Kier alpha value is -4.06. The van der Waals surface area contributed by atoms with Gasteiger partial charge in [0.05, 0.1) is 12.7 Å². The van der Waals surface area contributed by atoms with Crippen molar-refractivity contribution in [1.29, 1.82) is 0 Å². The maximum atomic E-state index is 12.3. The zero-order valence-electron chi connectivity index (χ0n) is 17.2. The summed E-state index contributed by atoms with van der Waals surface area (Å²) in [5.41, 5.74) is 3.66. The third-order valence-electron chi connectivity index (χ3n) is 4.71. The van der Waals surface area contributed by atoms with Gasteiger partial charge in [0.15, 0.2) is 5.76 Å². The molecule has 2 N–H and O–H groups in total. The van der Waals surface area contributed by atoms with E-state index in [4.69, 9.17) is 9.15 Å². The number of nitrogens with one attached hydrogen (secondary N) is 2. The van der Waals surface area contributed by atoms with E-state index in [1.807, 2.05) is 85.8 Å². The third-order valence-corrected chi connectivity index (χ3v) is 4.71. The van der Waals surface area contributed by atoms with E-state index in [2.05, 4.69) is 15.6 Å². The average Bonchev–Trinajstić information content (AvgIpc) is 3.28. The Morgan fingerprint density at radius 3 is 2.48 bits per heavy atom. The Balaban J connectivity index is 1.29. The molecule has 4 rings (SSSR count). The van der Waals surface area contributed by atoms with Gasteiger partial charge in [-0.1, -0.05) is 60.7 Å². The van der Waals surface area contributed by atoms with Gasteiger partial charge in [0, 0.05) is 11.3 Å². The predicted octanol–water partition coefficient (Wildman–Crippen LogP) is 5.55. The minimum absolute atomic E-state index is 0.190. The zero-order valence-corrected chi connectivity index (χ0v) is 17.2. The molecule has 156 valence electrons. The van der Waals surface area contributed by atoms with Crippen LogP contribution in [0.5, 0.6) is 5.75 Å². The van der Waals surface area contributed by atoms with Crippen molar-refractivity contribution >= 4 is 11.7 Å². The number of carbonyl (C=O) groups excluding carboxylic acids is 1. The van der Waals surface area contributed by atoms with Crippen molar-refractivity contribution in [3.63, 3.8) is 0 Å². The van der Waals surface area contributed by atoms with Crippen LogP contribution in [0.3, 0.4) is 0 Å². The predicted molar refractivity (Wildman–Crippen MR) is 120 cm³/mol. The van der Waals surface area contributed by atoms with Gasteiger partial charge in [-0.2, -0.15) is 0 Å². The fourth-order valence-electron chi connectivity index (χ4n) is 3.06. The van der Waals surface area contributed by atoms with E-state index < -0.39 is 0 Å². The normalized spacial score (nSPS) is 10.5. The number of hydrogen-bond acceptors (Lipinski definition) is 4. The largest absolute Gasteiger partial charge is 0.489 e. The first kappa shape index (κ1) is 20.2. The van der Waals surface area contributed by atoms with Gasteiger partial charge in [0.25, 0.3) is 0 Å². The van der Waals surface area contributed by atoms with Crippen molar-refractivity contribution in [2.45, 2.75) is 20.1 Å². The van der Waals surface area contributed by atoms with Crippen molar-refractivity contribution in [2.75, 3.05) is 5.32 Å². The van der Waals surface area contributed by atoms with E-state index in [1.165, 1.54) is 0 Å². The molecule has 1 heterocycles. The summed E-state index contributed by atoms with van der Waals surface area (Å²) >= 11 is 0. The van der Waals surface area contributed by atoms with Gasteiger partial charge in [-0.05, 0) is 36.2 Å². The number of ether oxygens (including phenoxy) is 1. The lowest BCUT2D eigenvalue weighted by atomic mass is 10.2. The topological polar surface area (TPSA) is 76.4 Å². The van der Waals surface area contributed by atoms with Gasteiger partial charge in [0.2, 0.25) is 5.89 Å². The molecule has 31 heavy (non-hydrogen) atoms. The number of anilines is 1. The van der Waals surface area contributed by atoms with Crippen LogP contribution >= 0.6 is 0 Å². The molecule has 0 spiro atoms. The van der Waals surface area contributed by atoms with Crippen LogP contribution in [-0.4, -0.2) is 11.0 Å². The summed E-state index contributed by atoms with van der Waals surface area (Å²) in [5.74, 6) is 1.86. The molecule has 0 saturated heterocycles. The third kappa shape index (κ3) is 5.51. The molecular formula is C25H23N3O3. The lowest BCUT2D eigenvalue weighted by Crippen LogP contribution is -2.28. The summed E-state index contributed by atoms with van der Waals surface area (Å²) < 4.78 is 11.5. The van der Waals surface area contributed by atoms with Gasteiger partial charge in [-0.15, -0.1) is 0 Å². The van der Waals surface area contributed by atoms with E-state index in [-0.39, 0.29) is 12.6 Å². The van der Waals surface area contributed by atoms with Crippen LogP contribution in [0.25, 0.3) is 11.3 Å². The van der Waals surface area contributed by atoms with Crippen LogP contribution in [-0.2, 0) is 13.2 Å². The lowest BCUT2D eigenvalue weighted by Gasteiger charge is -2.12. The van der Waals surface area contributed by atoms with Crippen molar-refractivity contribution in [3.8, 4) is 17.1 Å². The van der Waals surface area contributed by atoms with Crippen LogP contribution in [0, 0.1) is 6.92 Å². The lowest BCUT2D eigenvalue weighted by molar-refractivity contribution is 0.250. The van der Waals surface area contributed by atoms with E-state index in [1.54, 1.807) is 6.20 Å². The molecule has 4 aromatic rings. The Labute approximate surface area is 180 Å². The van der Waals surface area contributed by atoms with Gasteiger partial charge in [-0.25, -0.2) is 9.78 Å². The molecule has 0 aliphatic rings. The molecule has 0 aliphatic carbocycles. The molecule has 0 radical (unpaired) electrons. The first-order chi connectivity index (χ1) is 15.2. The SMILES string of the molecule is Cc1cc(OCc2ccccc2)ccc1NC(=O)NCc1ncc(-c2ccccc2)o1. The number of carbonyl (C=O) groups is 1. The second kappa shape index (κ2) is 9.63. The standard InChI is InChI=1S/C25H23N3O3/c1-18-14-21(30-17-19-8-4-2-5-9-19)12-13-22(18)28-25(29)27-16-24-26-15-23(31-24)20-10-6-3-7-11-20/h2-15H,16-17H2,1H3,(H2,27,28,29). The number of urea groups is 1. The van der Waals surface area contributed by atoms with Crippen LogP contribution in [0.1, 0.15) is 17.0 Å². The molecule has 3 aromatic carbocycles. The van der Waals surface area contributed by atoms with E-state index >= 15 is 0 Å². The summed E-state index contributed by atoms with van der Waals surface area (Å²) in [4.78, 5) is 16.5. The molecule has 0 fully saturated rings. The Bertz CT molecular complexity index is 1140. The van der Waals surface area contributed by atoms with Crippen LogP contribution in [0.15, 0.2) is 89.5 Å². The van der Waals surface area contributed by atoms with E-state index in [0.29, 0.717) is 23.9 Å². The quantitative estimate of drug-likeness (QED) is 0.416. The first-order valence-corrected chi connectivity index (χ1v) is 10.00. The smallest absolute Gasteiger partial charge is 0.319 e. The summed E-state index contributed by atoms with van der Waals surface area (Å²) in [6.07, 6.45) is 1.66. The molecule has 1 aromatic heterocycles. The second-order valence-corrected chi connectivity index (χ2v) is 7.04. The number of rotatable bonds is 7. The molecular weight excluding hydrogens is 390 g/mol. The number of nitrogens with zero attached hydrogens (tertiary/aromatic N) is 1. The fourth-order valence-corrected chi connectivity index (χ4v) is 3.06. The van der Waals surface area contributed by atoms with Gasteiger partial charge in [-0.3, -0.25) is 0 Å². The van der Waals surface area contributed by atoms with Crippen LogP contribution in [0.2, 0.25) is 0 Å². The Morgan fingerprint density at radius 2 is 1.74 bits per heavy atom. The second-order valence-electron chi connectivity index (χ2n) is 7.04. The van der Waals surface area contributed by atoms with Gasteiger partial charge in [0.1, 0.15) is 12.4 Å². The molecule has 0 saturated carbocycles. The van der Waals surface area contributed by atoms with Crippen molar-refractivity contribution < 1.29 is 13.9 Å². The number of benzene rings is 3. The summed E-state index contributed by atoms with van der Waals surface area (Å²) in [7, 11) is 0. The zero-order chi connectivity index (χ0) is 21.5.